The smallest absolute Gasteiger partial charge is 0.119 e. The van der Waals surface area contributed by atoms with Gasteiger partial charge in [0, 0.05) is 6.54 Å². The number of para-hydroxylation sites is 1. The van der Waals surface area contributed by atoms with Gasteiger partial charge < -0.3 is 4.74 Å². The molecule has 0 aromatic heterocycles. The molecule has 0 heterocycles. The highest BCUT2D eigenvalue weighted by Crippen LogP contribution is 2.12. The predicted octanol–water partition coefficient (Wildman–Crippen LogP) is 3.37. The van der Waals surface area contributed by atoms with Gasteiger partial charge in [0.15, 0.2) is 0 Å². The Morgan fingerprint density at radius 2 is 1.67 bits per heavy atom. The van der Waals surface area contributed by atoms with Crippen molar-refractivity contribution in [1.29, 1.82) is 0 Å². The van der Waals surface area contributed by atoms with Crippen molar-refractivity contribution in [1.82, 2.24) is 4.90 Å². The van der Waals surface area contributed by atoms with Crippen LogP contribution in [0, 0.1) is 12.3 Å². The summed E-state index contributed by atoms with van der Waals surface area (Å²) in [4.78, 5) is 2.15. The van der Waals surface area contributed by atoms with E-state index in [1.165, 1.54) is 11.1 Å². The van der Waals surface area contributed by atoms with Gasteiger partial charge in [-0.1, -0.05) is 48.4 Å². The van der Waals surface area contributed by atoms with Gasteiger partial charge in [0.1, 0.15) is 12.4 Å². The molecule has 0 bridgehead atoms. The summed E-state index contributed by atoms with van der Waals surface area (Å²) in [5, 5.41) is 0. The molecule has 2 aromatic rings. The first-order chi connectivity index (χ1) is 10.3. The van der Waals surface area contributed by atoms with Gasteiger partial charge in [-0.2, -0.15) is 0 Å². The third kappa shape index (κ3) is 5.33. The van der Waals surface area contributed by atoms with Crippen LogP contribution in [0.5, 0.6) is 5.75 Å². The van der Waals surface area contributed by atoms with E-state index in [-0.39, 0.29) is 0 Å². The van der Waals surface area contributed by atoms with E-state index in [9.17, 15) is 0 Å². The van der Waals surface area contributed by atoms with Crippen molar-refractivity contribution in [3.63, 3.8) is 0 Å². The lowest BCUT2D eigenvalue weighted by Crippen LogP contribution is -2.21. The zero-order valence-electron chi connectivity index (χ0n) is 12.5. The van der Waals surface area contributed by atoms with Crippen molar-refractivity contribution in [3.8, 4) is 18.1 Å². The molecule has 21 heavy (non-hydrogen) atoms. The van der Waals surface area contributed by atoms with Gasteiger partial charge in [0.05, 0.1) is 6.54 Å². The van der Waals surface area contributed by atoms with Crippen LogP contribution < -0.4 is 4.74 Å². The monoisotopic (exact) mass is 279 g/mol. The van der Waals surface area contributed by atoms with E-state index in [1.54, 1.807) is 0 Å². The first-order valence-electron chi connectivity index (χ1n) is 7.15. The van der Waals surface area contributed by atoms with Crippen LogP contribution in [-0.2, 0) is 13.0 Å². The minimum absolute atomic E-state index is 0.599. The topological polar surface area (TPSA) is 12.5 Å². The van der Waals surface area contributed by atoms with Crippen LogP contribution in [0.25, 0.3) is 0 Å². The van der Waals surface area contributed by atoms with Gasteiger partial charge in [0.2, 0.25) is 0 Å². The summed E-state index contributed by atoms with van der Waals surface area (Å²) in [6, 6.07) is 18.4. The third-order valence-corrected chi connectivity index (χ3v) is 3.32. The van der Waals surface area contributed by atoms with Crippen LogP contribution in [0.1, 0.15) is 11.1 Å². The third-order valence-electron chi connectivity index (χ3n) is 3.32. The molecule has 108 valence electrons. The maximum absolute atomic E-state index is 5.73. The summed E-state index contributed by atoms with van der Waals surface area (Å²) >= 11 is 0. The van der Waals surface area contributed by atoms with Crippen molar-refractivity contribution in [2.24, 2.45) is 0 Å². The molecule has 0 aliphatic rings. The number of benzene rings is 2. The second kappa shape index (κ2) is 8.14. The minimum atomic E-state index is 0.599. The minimum Gasteiger partial charge on any atom is -0.489 e. The number of nitrogens with zero attached hydrogens (tertiary/aromatic N) is 1. The second-order valence-corrected chi connectivity index (χ2v) is 5.11. The van der Waals surface area contributed by atoms with Crippen molar-refractivity contribution in [3.05, 3.63) is 65.7 Å². The highest BCUT2D eigenvalue weighted by atomic mass is 16.5. The highest BCUT2D eigenvalue weighted by Gasteiger charge is 1.99. The standard InChI is InChI=1S/C19H21NO/c1-3-14-20(2)15-13-17-9-11-18(12-10-17)16-21-19-7-5-4-6-8-19/h1,4-12H,13-16H2,2H3. The Balaban J connectivity index is 1.80. The molecule has 0 unspecified atom stereocenters. The molecular formula is C19H21NO. The zero-order chi connectivity index (χ0) is 14.9. The van der Waals surface area contributed by atoms with Gasteiger partial charge in [-0.25, -0.2) is 0 Å². The van der Waals surface area contributed by atoms with Crippen LogP contribution >= 0.6 is 0 Å². The fourth-order valence-electron chi connectivity index (χ4n) is 2.04. The summed E-state index contributed by atoms with van der Waals surface area (Å²) in [5.74, 6) is 3.55. The lowest BCUT2D eigenvalue weighted by Gasteiger charge is -2.13. The van der Waals surface area contributed by atoms with Gasteiger partial charge in [-0.3, -0.25) is 4.90 Å². The van der Waals surface area contributed by atoms with E-state index in [2.05, 4.69) is 35.1 Å². The summed E-state index contributed by atoms with van der Waals surface area (Å²) < 4.78 is 5.73. The van der Waals surface area contributed by atoms with Crippen LogP contribution in [0.3, 0.4) is 0 Å². The summed E-state index contributed by atoms with van der Waals surface area (Å²) in [5.41, 5.74) is 2.50. The first kappa shape index (κ1) is 15.2. The number of hydrogen-bond acceptors (Lipinski definition) is 2. The lowest BCUT2D eigenvalue weighted by molar-refractivity contribution is 0.306. The Labute approximate surface area is 127 Å². The molecule has 2 rings (SSSR count). The average Bonchev–Trinajstić information content (AvgIpc) is 2.53. The number of likely N-dealkylation sites (N-methyl/N-ethyl adjacent to an activating group) is 1. The SMILES string of the molecule is C#CCN(C)CCc1ccc(COc2ccccc2)cc1. The van der Waals surface area contributed by atoms with Crippen LogP contribution in [0.4, 0.5) is 0 Å². The maximum Gasteiger partial charge on any atom is 0.119 e. The molecule has 0 N–H and O–H groups in total. The highest BCUT2D eigenvalue weighted by molar-refractivity contribution is 5.24. The Hall–Kier alpha value is -2.24. The molecule has 0 fully saturated rings. The normalized spacial score (nSPS) is 10.3. The van der Waals surface area contributed by atoms with Gasteiger partial charge >= 0.3 is 0 Å². The Morgan fingerprint density at radius 3 is 2.33 bits per heavy atom. The summed E-state index contributed by atoms with van der Waals surface area (Å²) in [6.07, 6.45) is 6.31. The van der Waals surface area contributed by atoms with E-state index in [1.807, 2.05) is 37.4 Å². The molecule has 0 radical (unpaired) electrons. The molecular weight excluding hydrogens is 258 g/mol. The fraction of sp³-hybridized carbons (Fsp3) is 0.263. The summed E-state index contributed by atoms with van der Waals surface area (Å²) in [7, 11) is 2.04. The van der Waals surface area contributed by atoms with Crippen molar-refractivity contribution in [2.45, 2.75) is 13.0 Å². The molecule has 2 heteroatoms. The quantitative estimate of drug-likeness (QED) is 0.721. The average molecular weight is 279 g/mol. The van der Waals surface area contributed by atoms with Crippen LogP contribution in [-0.4, -0.2) is 25.0 Å². The molecule has 0 saturated carbocycles. The molecule has 0 spiro atoms. The molecule has 0 amide bonds. The molecule has 2 nitrogen and oxygen atoms in total. The zero-order valence-corrected chi connectivity index (χ0v) is 12.5. The largest absolute Gasteiger partial charge is 0.489 e. The Morgan fingerprint density at radius 1 is 1.00 bits per heavy atom. The van der Waals surface area contributed by atoms with Crippen molar-refractivity contribution in [2.75, 3.05) is 20.1 Å². The Bertz CT molecular complexity index is 569. The van der Waals surface area contributed by atoms with E-state index >= 15 is 0 Å². The number of ether oxygens (including phenoxy) is 1. The molecule has 0 aliphatic carbocycles. The number of hydrogen-bond donors (Lipinski definition) is 0. The number of rotatable bonds is 7. The number of terminal acetylenes is 1. The van der Waals surface area contributed by atoms with Gasteiger partial charge in [-0.05, 0) is 36.7 Å². The van der Waals surface area contributed by atoms with E-state index in [0.29, 0.717) is 13.2 Å². The van der Waals surface area contributed by atoms with E-state index < -0.39 is 0 Å². The molecule has 0 saturated heterocycles. The first-order valence-corrected chi connectivity index (χ1v) is 7.15. The fourth-order valence-corrected chi connectivity index (χ4v) is 2.04. The predicted molar refractivity (Wildman–Crippen MR) is 87.3 cm³/mol. The second-order valence-electron chi connectivity index (χ2n) is 5.11. The van der Waals surface area contributed by atoms with Crippen LogP contribution in [0.2, 0.25) is 0 Å². The van der Waals surface area contributed by atoms with Gasteiger partial charge in [0.25, 0.3) is 0 Å². The Kier molecular flexibility index (Phi) is 5.87. The summed E-state index contributed by atoms with van der Waals surface area (Å²) in [6.45, 7) is 2.27. The van der Waals surface area contributed by atoms with Crippen LogP contribution in [0.15, 0.2) is 54.6 Å². The molecule has 0 aliphatic heterocycles. The molecule has 2 aromatic carbocycles. The van der Waals surface area contributed by atoms with E-state index in [4.69, 9.17) is 11.2 Å². The lowest BCUT2D eigenvalue weighted by atomic mass is 10.1. The van der Waals surface area contributed by atoms with Crippen molar-refractivity contribution >= 4 is 0 Å². The van der Waals surface area contributed by atoms with Gasteiger partial charge in [-0.15, -0.1) is 6.42 Å². The maximum atomic E-state index is 5.73. The van der Waals surface area contributed by atoms with Crippen molar-refractivity contribution < 1.29 is 4.74 Å². The molecule has 0 atom stereocenters. The van der Waals surface area contributed by atoms with E-state index in [0.717, 1.165) is 18.7 Å².